The highest BCUT2D eigenvalue weighted by Gasteiger charge is 2.27. The summed E-state index contributed by atoms with van der Waals surface area (Å²) in [6.07, 6.45) is -1.46. The van der Waals surface area contributed by atoms with Crippen molar-refractivity contribution in [2.45, 2.75) is 43.8 Å². The van der Waals surface area contributed by atoms with E-state index in [1.54, 1.807) is 30.3 Å². The number of benzene rings is 1. The van der Waals surface area contributed by atoms with E-state index in [2.05, 4.69) is 16.0 Å². The molecule has 0 bridgehead atoms. The van der Waals surface area contributed by atoms with Crippen LogP contribution in [-0.2, 0) is 35.2 Å². The molecule has 0 heterocycles. The number of nitrogens with one attached hydrogen (secondary N) is 3. The van der Waals surface area contributed by atoms with Gasteiger partial charge in [-0.15, -0.1) is 0 Å². The van der Waals surface area contributed by atoms with Crippen LogP contribution in [0.5, 0.6) is 0 Å². The monoisotopic (exact) mass is 466 g/mol. The third-order valence-corrected chi connectivity index (χ3v) is 4.36. The number of hydrogen-bond acceptors (Lipinski definition) is 7. The Morgan fingerprint density at radius 2 is 1.48 bits per heavy atom. The number of carbonyl (C=O) groups is 6. The van der Waals surface area contributed by atoms with Gasteiger partial charge in [0.2, 0.25) is 17.7 Å². The summed E-state index contributed by atoms with van der Waals surface area (Å²) < 4.78 is 0. The van der Waals surface area contributed by atoms with E-state index in [0.717, 1.165) is 0 Å². The van der Waals surface area contributed by atoms with Gasteiger partial charge in [-0.1, -0.05) is 30.3 Å². The van der Waals surface area contributed by atoms with E-state index in [9.17, 15) is 33.9 Å². The Balaban J connectivity index is 2.66. The molecule has 8 N–H and O–H groups in total. The Kier molecular flexibility index (Phi) is 11.0. The SMILES string of the molecule is NC(CCC(=O)O)C(=O)NC(CC(=O)O)C(=O)NCC(=O)NC(Cc1ccccc1)C(=O)O. The summed E-state index contributed by atoms with van der Waals surface area (Å²) in [6, 6.07) is 4.40. The number of nitrogens with two attached hydrogens (primary N) is 1. The van der Waals surface area contributed by atoms with Crippen LogP contribution in [0.25, 0.3) is 0 Å². The highest BCUT2D eigenvalue weighted by molar-refractivity contribution is 5.94. The minimum Gasteiger partial charge on any atom is -0.481 e. The van der Waals surface area contributed by atoms with Gasteiger partial charge in [-0.05, 0) is 12.0 Å². The predicted molar refractivity (Wildman–Crippen MR) is 112 cm³/mol. The Hall–Kier alpha value is -4.00. The largest absolute Gasteiger partial charge is 0.481 e. The van der Waals surface area contributed by atoms with Crippen LogP contribution in [0.3, 0.4) is 0 Å². The zero-order valence-electron chi connectivity index (χ0n) is 17.5. The minimum atomic E-state index is -1.58. The molecule has 3 amide bonds. The molecule has 0 aliphatic rings. The molecule has 33 heavy (non-hydrogen) atoms. The number of hydrogen-bond donors (Lipinski definition) is 7. The van der Waals surface area contributed by atoms with E-state index in [0.29, 0.717) is 5.56 Å². The molecule has 180 valence electrons. The van der Waals surface area contributed by atoms with E-state index in [4.69, 9.17) is 15.9 Å². The van der Waals surface area contributed by atoms with Gasteiger partial charge in [0.1, 0.15) is 12.1 Å². The number of carboxylic acid groups (broad SMARTS) is 3. The van der Waals surface area contributed by atoms with Gasteiger partial charge in [0.25, 0.3) is 0 Å². The molecule has 1 rings (SSSR count). The Morgan fingerprint density at radius 3 is 2.03 bits per heavy atom. The van der Waals surface area contributed by atoms with Gasteiger partial charge in [0.05, 0.1) is 19.0 Å². The highest BCUT2D eigenvalue weighted by atomic mass is 16.4. The molecule has 0 spiro atoms. The summed E-state index contributed by atoms with van der Waals surface area (Å²) >= 11 is 0. The van der Waals surface area contributed by atoms with Crippen molar-refractivity contribution >= 4 is 35.6 Å². The Labute approximate surface area is 188 Å². The minimum absolute atomic E-state index is 0.00177. The van der Waals surface area contributed by atoms with Crippen LogP contribution in [0.1, 0.15) is 24.8 Å². The van der Waals surface area contributed by atoms with Crippen molar-refractivity contribution in [2.24, 2.45) is 5.73 Å². The quantitative estimate of drug-likeness (QED) is 0.161. The van der Waals surface area contributed by atoms with E-state index in [1.165, 1.54) is 0 Å². The summed E-state index contributed by atoms with van der Waals surface area (Å²) in [6.45, 7) is -0.672. The molecule has 1 aromatic carbocycles. The van der Waals surface area contributed by atoms with Crippen LogP contribution in [0.15, 0.2) is 30.3 Å². The van der Waals surface area contributed by atoms with E-state index in [1.807, 2.05) is 0 Å². The fourth-order valence-electron chi connectivity index (χ4n) is 2.66. The summed E-state index contributed by atoms with van der Waals surface area (Å²) in [7, 11) is 0. The maximum Gasteiger partial charge on any atom is 0.326 e. The second kappa shape index (κ2) is 13.4. The van der Waals surface area contributed by atoms with Crippen molar-refractivity contribution in [1.82, 2.24) is 16.0 Å². The zero-order valence-corrected chi connectivity index (χ0v) is 17.5. The Morgan fingerprint density at radius 1 is 0.848 bits per heavy atom. The normalized spacial score (nSPS) is 13.1. The van der Waals surface area contributed by atoms with Crippen LogP contribution in [0.4, 0.5) is 0 Å². The number of rotatable bonds is 14. The van der Waals surface area contributed by atoms with Gasteiger partial charge in [-0.25, -0.2) is 4.79 Å². The van der Waals surface area contributed by atoms with Gasteiger partial charge in [0, 0.05) is 12.8 Å². The van der Waals surface area contributed by atoms with Gasteiger partial charge in [0.15, 0.2) is 0 Å². The van der Waals surface area contributed by atoms with E-state index < -0.39 is 73.1 Å². The molecule has 0 aliphatic heterocycles. The lowest BCUT2D eigenvalue weighted by Crippen LogP contribution is -2.54. The third-order valence-electron chi connectivity index (χ3n) is 4.36. The van der Waals surface area contributed by atoms with Gasteiger partial charge >= 0.3 is 17.9 Å². The fourth-order valence-corrected chi connectivity index (χ4v) is 2.66. The number of aliphatic carboxylic acids is 3. The van der Waals surface area contributed by atoms with Crippen molar-refractivity contribution < 1.29 is 44.1 Å². The number of carboxylic acids is 3. The smallest absolute Gasteiger partial charge is 0.326 e. The molecule has 0 saturated carbocycles. The molecule has 0 saturated heterocycles. The van der Waals surface area contributed by atoms with Crippen molar-refractivity contribution in [1.29, 1.82) is 0 Å². The van der Waals surface area contributed by atoms with E-state index >= 15 is 0 Å². The first kappa shape index (κ1) is 27.0. The summed E-state index contributed by atoms with van der Waals surface area (Å²) in [5.41, 5.74) is 6.20. The lowest BCUT2D eigenvalue weighted by molar-refractivity contribution is -0.142. The molecule has 0 aliphatic carbocycles. The molecule has 0 aromatic heterocycles. The standard InChI is InChI=1S/C20H26N4O9/c21-12(6-7-16(26)27)18(30)24-13(9-17(28)29)19(31)22-10-15(25)23-14(20(32)33)8-11-4-2-1-3-5-11/h1-5,12-14H,6-10,21H2,(H,22,31)(H,23,25)(H,24,30)(H,26,27)(H,28,29)(H,32,33). The van der Waals surface area contributed by atoms with Gasteiger partial charge < -0.3 is 37.0 Å². The summed E-state index contributed by atoms with van der Waals surface area (Å²) in [5, 5.41) is 33.4. The lowest BCUT2D eigenvalue weighted by atomic mass is 10.1. The van der Waals surface area contributed by atoms with Crippen molar-refractivity contribution in [3.05, 3.63) is 35.9 Å². The first-order valence-corrected chi connectivity index (χ1v) is 9.83. The van der Waals surface area contributed by atoms with Gasteiger partial charge in [-0.3, -0.25) is 24.0 Å². The summed E-state index contributed by atoms with van der Waals surface area (Å²) in [4.78, 5) is 69.5. The van der Waals surface area contributed by atoms with Crippen molar-refractivity contribution in [2.75, 3.05) is 6.54 Å². The van der Waals surface area contributed by atoms with E-state index in [-0.39, 0.29) is 12.8 Å². The molecule has 1 aromatic rings. The molecule has 13 heteroatoms. The zero-order chi connectivity index (χ0) is 25.0. The second-order valence-corrected chi connectivity index (χ2v) is 7.06. The number of amides is 3. The molecule has 13 nitrogen and oxygen atoms in total. The maximum atomic E-state index is 12.3. The van der Waals surface area contributed by atoms with Crippen LogP contribution >= 0.6 is 0 Å². The highest BCUT2D eigenvalue weighted by Crippen LogP contribution is 2.04. The van der Waals surface area contributed by atoms with Crippen molar-refractivity contribution in [3.8, 4) is 0 Å². The fraction of sp³-hybridized carbons (Fsp3) is 0.400. The molecular formula is C20H26N4O9. The maximum absolute atomic E-state index is 12.3. The lowest BCUT2D eigenvalue weighted by Gasteiger charge is -2.20. The van der Waals surface area contributed by atoms with Crippen molar-refractivity contribution in [3.63, 3.8) is 0 Å². The van der Waals surface area contributed by atoms with Crippen LogP contribution in [0, 0.1) is 0 Å². The molecule has 0 radical (unpaired) electrons. The molecule has 0 fully saturated rings. The topological polar surface area (TPSA) is 225 Å². The average molecular weight is 466 g/mol. The van der Waals surface area contributed by atoms with Crippen LogP contribution in [-0.4, -0.2) is 75.6 Å². The average Bonchev–Trinajstić information content (AvgIpc) is 2.75. The number of carbonyl (C=O) groups excluding carboxylic acids is 3. The third kappa shape index (κ3) is 10.7. The van der Waals surface area contributed by atoms with Crippen LogP contribution < -0.4 is 21.7 Å². The predicted octanol–water partition coefficient (Wildman–Crippen LogP) is -1.93. The molecule has 3 unspecified atom stereocenters. The Bertz CT molecular complexity index is 876. The molecular weight excluding hydrogens is 440 g/mol. The first-order chi connectivity index (χ1) is 15.5. The first-order valence-electron chi connectivity index (χ1n) is 9.83. The van der Waals surface area contributed by atoms with Crippen LogP contribution in [0.2, 0.25) is 0 Å². The second-order valence-electron chi connectivity index (χ2n) is 7.06. The summed E-state index contributed by atoms with van der Waals surface area (Å²) in [5.74, 6) is -6.68. The van der Waals surface area contributed by atoms with Gasteiger partial charge in [-0.2, -0.15) is 0 Å². The molecule has 3 atom stereocenters.